The number of hydrogen-bond acceptors (Lipinski definition) is 3. The first-order valence-corrected chi connectivity index (χ1v) is 6.55. The first kappa shape index (κ1) is 14.4. The van der Waals surface area contributed by atoms with E-state index in [0.29, 0.717) is 5.56 Å². The van der Waals surface area contributed by atoms with Gasteiger partial charge in [0, 0.05) is 5.56 Å². The fourth-order valence-corrected chi connectivity index (χ4v) is 1.89. The molecule has 0 saturated heterocycles. The number of aliphatic hydroxyl groups is 1. The average molecular weight is 270 g/mol. The highest BCUT2D eigenvalue weighted by Crippen LogP contribution is 2.17. The molecule has 0 aliphatic rings. The van der Waals surface area contributed by atoms with Crippen LogP contribution < -0.4 is 0 Å². The zero-order valence-corrected chi connectivity index (χ0v) is 11.5. The highest BCUT2D eigenvalue weighted by Gasteiger charge is 2.25. The molecule has 3 nitrogen and oxygen atoms in total. The molecule has 104 valence electrons. The summed E-state index contributed by atoms with van der Waals surface area (Å²) in [4.78, 5) is 12.0. The van der Waals surface area contributed by atoms with Gasteiger partial charge in [-0.25, -0.2) is 0 Å². The van der Waals surface area contributed by atoms with Crippen LogP contribution in [0.3, 0.4) is 0 Å². The van der Waals surface area contributed by atoms with Crippen LogP contribution in [0.1, 0.15) is 29.3 Å². The molecule has 2 aromatic rings. The standard InChI is InChI=1S/C17H18O3/c1-17(19,20-13-14-8-4-2-5-9-14)12-16(18)15-10-6-3-7-11-15/h2-11,19H,12-13H2,1H3. The van der Waals surface area contributed by atoms with E-state index in [1.807, 2.05) is 36.4 Å². The molecule has 1 atom stereocenters. The maximum Gasteiger partial charge on any atom is 0.170 e. The lowest BCUT2D eigenvalue weighted by Crippen LogP contribution is -2.31. The van der Waals surface area contributed by atoms with Gasteiger partial charge in [-0.3, -0.25) is 4.79 Å². The van der Waals surface area contributed by atoms with E-state index in [1.165, 1.54) is 6.92 Å². The Hall–Kier alpha value is -1.97. The lowest BCUT2D eigenvalue weighted by atomic mass is 10.0. The van der Waals surface area contributed by atoms with Crippen LogP contribution in [0.2, 0.25) is 0 Å². The van der Waals surface area contributed by atoms with Gasteiger partial charge >= 0.3 is 0 Å². The third-order valence-corrected chi connectivity index (χ3v) is 2.98. The summed E-state index contributed by atoms with van der Waals surface area (Å²) in [6, 6.07) is 18.5. The van der Waals surface area contributed by atoms with Gasteiger partial charge in [-0.1, -0.05) is 60.7 Å². The maximum atomic E-state index is 12.0. The molecule has 20 heavy (non-hydrogen) atoms. The molecule has 0 aliphatic carbocycles. The van der Waals surface area contributed by atoms with E-state index in [4.69, 9.17) is 4.74 Å². The van der Waals surface area contributed by atoms with E-state index in [0.717, 1.165) is 5.56 Å². The van der Waals surface area contributed by atoms with Crippen molar-refractivity contribution in [1.82, 2.24) is 0 Å². The Morgan fingerprint density at radius 2 is 1.60 bits per heavy atom. The Balaban J connectivity index is 1.92. The topological polar surface area (TPSA) is 46.5 Å². The van der Waals surface area contributed by atoms with Crippen LogP contribution >= 0.6 is 0 Å². The maximum absolute atomic E-state index is 12.0. The van der Waals surface area contributed by atoms with Crippen molar-refractivity contribution in [3.05, 3.63) is 71.8 Å². The summed E-state index contributed by atoms with van der Waals surface area (Å²) in [7, 11) is 0. The molecule has 1 N–H and O–H groups in total. The van der Waals surface area contributed by atoms with Crippen LogP contribution in [0, 0.1) is 0 Å². The number of carbonyl (C=O) groups excluding carboxylic acids is 1. The summed E-state index contributed by atoms with van der Waals surface area (Å²) in [5.41, 5.74) is 1.54. The number of ether oxygens (including phenoxy) is 1. The van der Waals surface area contributed by atoms with Crippen molar-refractivity contribution >= 4 is 5.78 Å². The molecule has 0 heterocycles. The molecular formula is C17H18O3. The lowest BCUT2D eigenvalue weighted by molar-refractivity contribution is -0.194. The van der Waals surface area contributed by atoms with E-state index < -0.39 is 5.79 Å². The third-order valence-electron chi connectivity index (χ3n) is 2.98. The predicted molar refractivity (Wildman–Crippen MR) is 77.2 cm³/mol. The second-order valence-electron chi connectivity index (χ2n) is 4.92. The number of benzene rings is 2. The number of ketones is 1. The van der Waals surface area contributed by atoms with E-state index >= 15 is 0 Å². The molecule has 0 aromatic heterocycles. The van der Waals surface area contributed by atoms with E-state index in [9.17, 15) is 9.90 Å². The summed E-state index contributed by atoms with van der Waals surface area (Å²) in [6.45, 7) is 1.78. The van der Waals surface area contributed by atoms with Crippen LogP contribution in [0.4, 0.5) is 0 Å². The molecule has 3 heteroatoms. The van der Waals surface area contributed by atoms with Crippen LogP contribution in [0.5, 0.6) is 0 Å². The number of hydrogen-bond donors (Lipinski definition) is 1. The van der Waals surface area contributed by atoms with Crippen LogP contribution in [-0.4, -0.2) is 16.7 Å². The van der Waals surface area contributed by atoms with Crippen LogP contribution in [0.25, 0.3) is 0 Å². The summed E-state index contributed by atoms with van der Waals surface area (Å²) >= 11 is 0. The zero-order chi connectivity index (χ0) is 14.4. The van der Waals surface area contributed by atoms with Crippen molar-refractivity contribution in [2.45, 2.75) is 25.7 Å². The fourth-order valence-electron chi connectivity index (χ4n) is 1.89. The zero-order valence-electron chi connectivity index (χ0n) is 11.5. The molecular weight excluding hydrogens is 252 g/mol. The number of carbonyl (C=O) groups is 1. The molecule has 0 bridgehead atoms. The Kier molecular flexibility index (Phi) is 4.66. The normalized spacial score (nSPS) is 13.7. The minimum atomic E-state index is -1.47. The fraction of sp³-hybridized carbons (Fsp3) is 0.235. The van der Waals surface area contributed by atoms with Crippen LogP contribution in [-0.2, 0) is 11.3 Å². The van der Waals surface area contributed by atoms with E-state index in [1.54, 1.807) is 24.3 Å². The van der Waals surface area contributed by atoms with E-state index in [-0.39, 0.29) is 18.8 Å². The molecule has 1 unspecified atom stereocenters. The first-order chi connectivity index (χ1) is 9.57. The molecule has 0 spiro atoms. The van der Waals surface area contributed by atoms with Crippen molar-refractivity contribution < 1.29 is 14.6 Å². The van der Waals surface area contributed by atoms with Gasteiger partial charge in [0.2, 0.25) is 0 Å². The van der Waals surface area contributed by atoms with Gasteiger partial charge in [-0.2, -0.15) is 0 Å². The Labute approximate surface area is 118 Å². The first-order valence-electron chi connectivity index (χ1n) is 6.55. The Bertz CT molecular complexity index is 547. The van der Waals surface area contributed by atoms with Gasteiger partial charge in [0.25, 0.3) is 0 Å². The van der Waals surface area contributed by atoms with Crippen molar-refractivity contribution in [3.8, 4) is 0 Å². The molecule has 2 aromatic carbocycles. The predicted octanol–water partition coefficient (Wildman–Crippen LogP) is 3.18. The lowest BCUT2D eigenvalue weighted by Gasteiger charge is -2.23. The minimum Gasteiger partial charge on any atom is -0.365 e. The highest BCUT2D eigenvalue weighted by molar-refractivity contribution is 5.96. The van der Waals surface area contributed by atoms with Gasteiger partial charge in [-0.15, -0.1) is 0 Å². The molecule has 0 fully saturated rings. The molecule has 0 saturated carbocycles. The summed E-state index contributed by atoms with van der Waals surface area (Å²) < 4.78 is 5.44. The van der Waals surface area contributed by atoms with Gasteiger partial charge in [0.05, 0.1) is 13.0 Å². The second kappa shape index (κ2) is 6.46. The van der Waals surface area contributed by atoms with Crippen molar-refractivity contribution in [3.63, 3.8) is 0 Å². The monoisotopic (exact) mass is 270 g/mol. The quantitative estimate of drug-likeness (QED) is 0.647. The van der Waals surface area contributed by atoms with E-state index in [2.05, 4.69) is 0 Å². The van der Waals surface area contributed by atoms with Crippen molar-refractivity contribution in [2.24, 2.45) is 0 Å². The summed E-state index contributed by atoms with van der Waals surface area (Å²) in [6.07, 6.45) is -0.0656. The van der Waals surface area contributed by atoms with Crippen molar-refractivity contribution in [1.29, 1.82) is 0 Å². The number of rotatable bonds is 6. The summed E-state index contributed by atoms with van der Waals surface area (Å²) in [5, 5.41) is 10.2. The van der Waals surface area contributed by atoms with Gasteiger partial charge < -0.3 is 9.84 Å². The third kappa shape index (κ3) is 4.30. The van der Waals surface area contributed by atoms with Gasteiger partial charge in [0.1, 0.15) is 0 Å². The Morgan fingerprint density at radius 1 is 1.05 bits per heavy atom. The number of Topliss-reactive ketones (excluding diaryl/α,β-unsaturated/α-hetero) is 1. The molecule has 2 rings (SSSR count). The smallest absolute Gasteiger partial charge is 0.170 e. The Morgan fingerprint density at radius 3 is 2.20 bits per heavy atom. The van der Waals surface area contributed by atoms with Crippen LogP contribution in [0.15, 0.2) is 60.7 Å². The van der Waals surface area contributed by atoms with Gasteiger partial charge in [-0.05, 0) is 12.5 Å². The largest absolute Gasteiger partial charge is 0.365 e. The summed E-state index contributed by atoms with van der Waals surface area (Å²) in [5.74, 6) is -1.60. The van der Waals surface area contributed by atoms with Gasteiger partial charge in [0.15, 0.2) is 11.6 Å². The highest BCUT2D eigenvalue weighted by atomic mass is 16.6. The SMILES string of the molecule is CC(O)(CC(=O)c1ccccc1)OCc1ccccc1. The minimum absolute atomic E-state index is 0.0656. The average Bonchev–Trinajstić information content (AvgIpc) is 2.47. The molecule has 0 amide bonds. The molecule has 0 radical (unpaired) electrons. The van der Waals surface area contributed by atoms with Crippen molar-refractivity contribution in [2.75, 3.05) is 0 Å². The second-order valence-corrected chi connectivity index (χ2v) is 4.92. The molecule has 0 aliphatic heterocycles.